The van der Waals surface area contributed by atoms with Crippen LogP contribution in [0.15, 0.2) is 45.8 Å². The predicted octanol–water partition coefficient (Wildman–Crippen LogP) is 3.02. The van der Waals surface area contributed by atoms with E-state index in [1.165, 1.54) is 29.2 Å². The van der Waals surface area contributed by atoms with Gasteiger partial charge in [-0.15, -0.1) is 0 Å². The molecule has 2 aliphatic heterocycles. The van der Waals surface area contributed by atoms with Crippen molar-refractivity contribution in [1.82, 2.24) is 20.3 Å². The van der Waals surface area contributed by atoms with Crippen LogP contribution in [0.5, 0.6) is 0 Å². The Hall–Kier alpha value is -3.02. The van der Waals surface area contributed by atoms with Crippen molar-refractivity contribution in [1.29, 1.82) is 0 Å². The summed E-state index contributed by atoms with van der Waals surface area (Å²) in [6.07, 6.45) is 5.36. The Bertz CT molecular complexity index is 1710. The maximum atomic E-state index is 14.2. The van der Waals surface area contributed by atoms with E-state index < -0.39 is 84.5 Å². The van der Waals surface area contributed by atoms with E-state index in [9.17, 15) is 36.0 Å². The molecular weight excluding hydrogens is 744 g/mol. The molecule has 0 aromatic heterocycles. The number of nitrogens with one attached hydrogen (secondary N) is 3. The first kappa shape index (κ1) is 37.2. The number of sulfonamides is 1. The third kappa shape index (κ3) is 9.21. The highest BCUT2D eigenvalue weighted by molar-refractivity contribution is 9.10. The van der Waals surface area contributed by atoms with Crippen LogP contribution in [0.25, 0.3) is 0 Å². The lowest BCUT2D eigenvalue weighted by Gasteiger charge is -2.30. The summed E-state index contributed by atoms with van der Waals surface area (Å²) in [5.74, 6) is -2.78. The number of halogens is 1. The Morgan fingerprint density at radius 1 is 1.02 bits per heavy atom. The minimum absolute atomic E-state index is 0.125. The zero-order valence-electron chi connectivity index (χ0n) is 27.6. The van der Waals surface area contributed by atoms with Crippen molar-refractivity contribution in [3.8, 4) is 0 Å². The molecule has 2 heterocycles. The summed E-state index contributed by atoms with van der Waals surface area (Å²) in [5.41, 5.74) is -2.43. The van der Waals surface area contributed by atoms with Gasteiger partial charge in [-0.2, -0.15) is 8.42 Å². The van der Waals surface area contributed by atoms with Gasteiger partial charge in [-0.25, -0.2) is 13.2 Å². The van der Waals surface area contributed by atoms with Gasteiger partial charge in [0.15, 0.2) is 0 Å². The average molecular weight is 788 g/mol. The second-order valence-corrected chi connectivity index (χ2v) is 18.5. The molecule has 1 saturated heterocycles. The van der Waals surface area contributed by atoms with Gasteiger partial charge in [0.2, 0.25) is 21.8 Å². The molecule has 0 bridgehead atoms. The maximum absolute atomic E-state index is 14.2. The van der Waals surface area contributed by atoms with E-state index in [0.29, 0.717) is 36.6 Å². The molecule has 4 amide bonds. The number of rotatable bonds is 7. The Kier molecular flexibility index (Phi) is 10.9. The first-order chi connectivity index (χ1) is 22.9. The molecule has 3 fully saturated rings. The molecule has 5 atom stereocenters. The minimum Gasteiger partial charge on any atom is -0.444 e. The molecule has 2 saturated carbocycles. The third-order valence-corrected chi connectivity index (χ3v) is 12.6. The SMILES string of the molecule is CC(C)(C)OC(=O)NC1CCCCCC=CC2CC2(C(=O)NS(=O)(=O)C2CC2)NC(=O)C2CC(OS(=O)(=O)c3ccc(Br)cc3)CN2C1=O. The van der Waals surface area contributed by atoms with Crippen molar-refractivity contribution in [3.05, 3.63) is 40.9 Å². The molecule has 4 aliphatic rings. The highest BCUT2D eigenvalue weighted by atomic mass is 79.9. The van der Waals surface area contributed by atoms with Crippen molar-refractivity contribution < 1.29 is 44.9 Å². The van der Waals surface area contributed by atoms with Crippen LogP contribution in [0, 0.1) is 5.92 Å². The summed E-state index contributed by atoms with van der Waals surface area (Å²) in [6, 6.07) is 3.36. The summed E-state index contributed by atoms with van der Waals surface area (Å²) in [4.78, 5) is 55.7. The van der Waals surface area contributed by atoms with Gasteiger partial charge in [-0.1, -0.05) is 40.9 Å². The van der Waals surface area contributed by atoms with Gasteiger partial charge in [-0.3, -0.25) is 23.3 Å². The standard InChI is InChI=1S/C32H43BrN4O10S2/c1-31(2,3)46-30(41)34-25-10-8-6-4-5-7-9-20-18-32(20,29(40)36-48(42,43)23-15-16-23)35-27(38)26-17-22(19-37(26)28(25)39)47-49(44,45)24-13-11-21(33)12-14-24/h7,9,11-14,20,22-23,25-26H,4-6,8,10,15-19H2,1-3H3,(H,34,41)(H,35,38)(H,36,40). The van der Waals surface area contributed by atoms with E-state index in [0.717, 1.165) is 6.42 Å². The van der Waals surface area contributed by atoms with Crippen molar-refractivity contribution in [2.45, 2.75) is 118 Å². The molecule has 14 nitrogen and oxygen atoms in total. The van der Waals surface area contributed by atoms with Crippen molar-refractivity contribution in [2.24, 2.45) is 5.92 Å². The largest absolute Gasteiger partial charge is 0.444 e. The first-order valence-corrected chi connectivity index (χ1v) is 20.2. The molecule has 5 unspecified atom stereocenters. The fourth-order valence-corrected chi connectivity index (χ4v) is 8.82. The van der Waals surface area contributed by atoms with Crippen LogP contribution in [-0.4, -0.2) is 86.7 Å². The van der Waals surface area contributed by atoms with Gasteiger partial charge in [0, 0.05) is 23.4 Å². The van der Waals surface area contributed by atoms with Crippen LogP contribution in [-0.2, 0) is 43.4 Å². The average Bonchev–Trinajstić information content (AvgIpc) is 3.92. The monoisotopic (exact) mass is 786 g/mol. The Morgan fingerprint density at radius 2 is 1.71 bits per heavy atom. The molecule has 1 aromatic rings. The number of allylic oxidation sites excluding steroid dienone is 1. The number of carbonyl (C=O) groups is 4. The van der Waals surface area contributed by atoms with E-state index in [1.54, 1.807) is 26.8 Å². The number of benzene rings is 1. The second-order valence-electron chi connectivity index (χ2n) is 14.1. The number of hydrogen-bond donors (Lipinski definition) is 3. The smallest absolute Gasteiger partial charge is 0.408 e. The highest BCUT2D eigenvalue weighted by Crippen LogP contribution is 2.46. The number of alkyl carbamates (subject to hydrolysis) is 1. The predicted molar refractivity (Wildman–Crippen MR) is 181 cm³/mol. The zero-order valence-corrected chi connectivity index (χ0v) is 30.9. The molecule has 17 heteroatoms. The summed E-state index contributed by atoms with van der Waals surface area (Å²) in [6.45, 7) is 4.73. The first-order valence-electron chi connectivity index (χ1n) is 16.4. The van der Waals surface area contributed by atoms with Gasteiger partial charge >= 0.3 is 6.09 Å². The lowest BCUT2D eigenvalue weighted by Crippen LogP contribution is -2.58. The van der Waals surface area contributed by atoms with Crippen molar-refractivity contribution in [3.63, 3.8) is 0 Å². The lowest BCUT2D eigenvalue weighted by atomic mass is 10.0. The molecule has 0 spiro atoms. The van der Waals surface area contributed by atoms with Crippen LogP contribution >= 0.6 is 15.9 Å². The molecule has 5 rings (SSSR count). The molecule has 0 radical (unpaired) electrons. The molecule has 3 N–H and O–H groups in total. The number of carbonyl (C=O) groups excluding carboxylic acids is 4. The summed E-state index contributed by atoms with van der Waals surface area (Å²) < 4.78 is 65.6. The van der Waals surface area contributed by atoms with Crippen molar-refractivity contribution >= 4 is 59.9 Å². The summed E-state index contributed by atoms with van der Waals surface area (Å²) in [7, 11) is -8.25. The lowest BCUT2D eigenvalue weighted by molar-refractivity contribution is -0.141. The van der Waals surface area contributed by atoms with E-state index in [2.05, 4.69) is 31.3 Å². The molecule has 1 aromatic carbocycles. The highest BCUT2D eigenvalue weighted by Gasteiger charge is 2.62. The molecule has 49 heavy (non-hydrogen) atoms. The topological polar surface area (TPSA) is 194 Å². The van der Waals surface area contributed by atoms with Crippen LogP contribution in [0.3, 0.4) is 0 Å². The number of hydrogen-bond acceptors (Lipinski definition) is 10. The normalized spacial score (nSPS) is 28.3. The Balaban J connectivity index is 1.45. The fourth-order valence-electron chi connectivity index (χ4n) is 6.12. The summed E-state index contributed by atoms with van der Waals surface area (Å²) >= 11 is 3.27. The molecule has 270 valence electrons. The maximum Gasteiger partial charge on any atom is 0.408 e. The zero-order chi connectivity index (χ0) is 35.8. The quantitative estimate of drug-likeness (QED) is 0.273. The summed E-state index contributed by atoms with van der Waals surface area (Å²) in [5, 5.41) is 4.70. The van der Waals surface area contributed by atoms with E-state index in [4.69, 9.17) is 8.92 Å². The van der Waals surface area contributed by atoms with Gasteiger partial charge in [0.25, 0.3) is 16.0 Å². The van der Waals surface area contributed by atoms with Crippen LogP contribution < -0.4 is 15.4 Å². The molecule has 2 aliphatic carbocycles. The van der Waals surface area contributed by atoms with E-state index in [-0.39, 0.29) is 30.7 Å². The third-order valence-electron chi connectivity index (χ3n) is 8.90. The van der Waals surface area contributed by atoms with Gasteiger partial charge < -0.3 is 20.3 Å². The fraction of sp³-hybridized carbons (Fsp3) is 0.625. The van der Waals surface area contributed by atoms with Crippen LogP contribution in [0.4, 0.5) is 4.79 Å². The number of fused-ring (bicyclic) bond motifs is 2. The van der Waals surface area contributed by atoms with Crippen LogP contribution in [0.1, 0.15) is 78.6 Å². The van der Waals surface area contributed by atoms with Gasteiger partial charge in [-0.05, 0) is 83.6 Å². The van der Waals surface area contributed by atoms with Crippen LogP contribution in [0.2, 0.25) is 0 Å². The second kappa shape index (κ2) is 14.3. The van der Waals surface area contributed by atoms with E-state index >= 15 is 0 Å². The number of ether oxygens (including phenoxy) is 1. The minimum atomic E-state index is -4.32. The Morgan fingerprint density at radius 3 is 2.37 bits per heavy atom. The molecular formula is C32H43BrN4O10S2. The number of amides is 4. The number of nitrogens with zero attached hydrogens (tertiary/aromatic N) is 1. The van der Waals surface area contributed by atoms with Gasteiger partial charge in [0.05, 0.1) is 16.2 Å². The van der Waals surface area contributed by atoms with Gasteiger partial charge in [0.1, 0.15) is 23.2 Å². The van der Waals surface area contributed by atoms with Crippen molar-refractivity contribution in [2.75, 3.05) is 6.54 Å². The van der Waals surface area contributed by atoms with E-state index in [1.807, 2.05) is 6.08 Å². The Labute approximate surface area is 295 Å².